The molecule has 1 aromatic heterocycles. The Morgan fingerprint density at radius 2 is 1.48 bits per heavy atom. The number of para-hydroxylation sites is 3. The van der Waals surface area contributed by atoms with Gasteiger partial charge in [0.25, 0.3) is 10.0 Å². The van der Waals surface area contributed by atoms with Crippen molar-refractivity contribution >= 4 is 15.7 Å². The second-order valence-corrected chi connectivity index (χ2v) is 7.94. The van der Waals surface area contributed by atoms with Crippen molar-refractivity contribution in [2.45, 2.75) is 4.90 Å². The summed E-state index contributed by atoms with van der Waals surface area (Å²) in [5.41, 5.74) is 2.21. The van der Waals surface area contributed by atoms with Crippen LogP contribution in [0, 0.1) is 0 Å². The summed E-state index contributed by atoms with van der Waals surface area (Å²) in [6, 6.07) is 25.5. The lowest BCUT2D eigenvalue weighted by Crippen LogP contribution is -2.14. The van der Waals surface area contributed by atoms with Gasteiger partial charge in [-0.15, -0.1) is 0 Å². The first kappa shape index (κ1) is 18.8. The number of ether oxygens (including phenoxy) is 1. The SMILES string of the molecule is COc1ccccc1NS(=O)(=O)c1cn(-c2ccccc2)nc1-c1ccccc1. The number of nitrogens with zero attached hydrogens (tertiary/aromatic N) is 2. The molecular formula is C22H19N3O3S. The molecule has 146 valence electrons. The van der Waals surface area contributed by atoms with Gasteiger partial charge in [0.1, 0.15) is 16.3 Å². The van der Waals surface area contributed by atoms with Crippen LogP contribution in [0.4, 0.5) is 5.69 Å². The topological polar surface area (TPSA) is 73.2 Å². The standard InChI is InChI=1S/C22H19N3O3S/c1-28-20-15-9-8-14-19(20)24-29(26,27)21-16-25(18-12-6-3-7-13-18)23-22(21)17-10-4-2-5-11-17/h2-16,24H,1H3. The molecule has 6 nitrogen and oxygen atoms in total. The summed E-state index contributed by atoms with van der Waals surface area (Å²) in [6.07, 6.45) is 1.52. The first-order chi connectivity index (χ1) is 14.1. The average Bonchev–Trinajstić information content (AvgIpc) is 3.22. The summed E-state index contributed by atoms with van der Waals surface area (Å²) in [5.74, 6) is 0.438. The van der Waals surface area contributed by atoms with Crippen LogP contribution in [0.5, 0.6) is 5.75 Å². The lowest BCUT2D eigenvalue weighted by atomic mass is 10.2. The zero-order valence-electron chi connectivity index (χ0n) is 15.7. The van der Waals surface area contributed by atoms with Crippen LogP contribution in [-0.2, 0) is 10.0 Å². The van der Waals surface area contributed by atoms with Crippen LogP contribution in [0.25, 0.3) is 16.9 Å². The van der Waals surface area contributed by atoms with Crippen molar-refractivity contribution in [2.75, 3.05) is 11.8 Å². The van der Waals surface area contributed by atoms with Crippen LogP contribution in [0.3, 0.4) is 0 Å². The Kier molecular flexibility index (Phi) is 5.05. The fourth-order valence-corrected chi connectivity index (χ4v) is 4.21. The summed E-state index contributed by atoms with van der Waals surface area (Å²) < 4.78 is 36.0. The predicted octanol–water partition coefficient (Wildman–Crippen LogP) is 4.35. The van der Waals surface area contributed by atoms with Gasteiger partial charge in [0.05, 0.1) is 24.7 Å². The number of aromatic nitrogens is 2. The molecule has 0 amide bonds. The fourth-order valence-electron chi connectivity index (χ4n) is 2.99. The van der Waals surface area contributed by atoms with Gasteiger partial charge in [-0.2, -0.15) is 5.10 Å². The molecule has 29 heavy (non-hydrogen) atoms. The van der Waals surface area contributed by atoms with Crippen LogP contribution >= 0.6 is 0 Å². The minimum atomic E-state index is -3.93. The van der Waals surface area contributed by atoms with E-state index in [1.807, 2.05) is 60.7 Å². The van der Waals surface area contributed by atoms with Crippen molar-refractivity contribution in [3.05, 3.63) is 91.1 Å². The second kappa shape index (κ2) is 7.81. The highest BCUT2D eigenvalue weighted by Crippen LogP contribution is 2.31. The van der Waals surface area contributed by atoms with Gasteiger partial charge in [0.15, 0.2) is 0 Å². The molecule has 0 radical (unpaired) electrons. The number of methoxy groups -OCH3 is 1. The maximum absolute atomic E-state index is 13.3. The Bertz CT molecular complexity index is 1220. The van der Waals surface area contributed by atoms with E-state index in [-0.39, 0.29) is 4.90 Å². The third-order valence-corrected chi connectivity index (χ3v) is 5.76. The minimum Gasteiger partial charge on any atom is -0.495 e. The summed E-state index contributed by atoms with van der Waals surface area (Å²) in [4.78, 5) is 0.0819. The van der Waals surface area contributed by atoms with Crippen molar-refractivity contribution in [3.8, 4) is 22.7 Å². The molecule has 0 aliphatic rings. The van der Waals surface area contributed by atoms with Crippen molar-refractivity contribution < 1.29 is 13.2 Å². The van der Waals surface area contributed by atoms with Crippen LogP contribution < -0.4 is 9.46 Å². The molecule has 4 rings (SSSR count). The van der Waals surface area contributed by atoms with E-state index in [1.165, 1.54) is 13.3 Å². The van der Waals surface area contributed by atoms with E-state index < -0.39 is 10.0 Å². The maximum Gasteiger partial charge on any atom is 0.265 e. The quantitative estimate of drug-likeness (QED) is 0.518. The lowest BCUT2D eigenvalue weighted by Gasteiger charge is -2.11. The van der Waals surface area contributed by atoms with Gasteiger partial charge < -0.3 is 4.74 Å². The Morgan fingerprint density at radius 3 is 2.17 bits per heavy atom. The molecule has 0 spiro atoms. The summed E-state index contributed by atoms with van der Waals surface area (Å²) >= 11 is 0. The molecular weight excluding hydrogens is 386 g/mol. The second-order valence-electron chi connectivity index (χ2n) is 6.29. The Hall–Kier alpha value is -3.58. The first-order valence-corrected chi connectivity index (χ1v) is 10.4. The van der Waals surface area contributed by atoms with E-state index >= 15 is 0 Å². The minimum absolute atomic E-state index is 0.0819. The van der Waals surface area contributed by atoms with E-state index in [9.17, 15) is 8.42 Å². The van der Waals surface area contributed by atoms with Gasteiger partial charge in [0, 0.05) is 5.56 Å². The molecule has 0 aliphatic heterocycles. The van der Waals surface area contributed by atoms with Crippen molar-refractivity contribution in [2.24, 2.45) is 0 Å². The normalized spacial score (nSPS) is 11.2. The summed E-state index contributed by atoms with van der Waals surface area (Å²) in [6.45, 7) is 0. The molecule has 7 heteroatoms. The zero-order valence-corrected chi connectivity index (χ0v) is 16.5. The monoisotopic (exact) mass is 405 g/mol. The van der Waals surface area contributed by atoms with Gasteiger partial charge in [-0.1, -0.05) is 60.7 Å². The smallest absolute Gasteiger partial charge is 0.265 e. The predicted molar refractivity (Wildman–Crippen MR) is 113 cm³/mol. The van der Waals surface area contributed by atoms with Crippen LogP contribution in [0.15, 0.2) is 96.0 Å². The van der Waals surface area contributed by atoms with E-state index in [0.717, 1.165) is 5.69 Å². The largest absolute Gasteiger partial charge is 0.495 e. The van der Waals surface area contributed by atoms with Gasteiger partial charge in [-0.3, -0.25) is 4.72 Å². The lowest BCUT2D eigenvalue weighted by molar-refractivity contribution is 0.417. The number of sulfonamides is 1. The van der Waals surface area contributed by atoms with Crippen molar-refractivity contribution in [1.82, 2.24) is 9.78 Å². The molecule has 3 aromatic carbocycles. The third-order valence-electron chi connectivity index (χ3n) is 4.39. The molecule has 0 bridgehead atoms. The third kappa shape index (κ3) is 3.86. The van der Waals surface area contributed by atoms with Gasteiger partial charge in [0.2, 0.25) is 0 Å². The molecule has 1 heterocycles. The highest BCUT2D eigenvalue weighted by molar-refractivity contribution is 7.92. The molecule has 0 unspecified atom stereocenters. The summed E-state index contributed by atoms with van der Waals surface area (Å²) in [7, 11) is -2.43. The molecule has 0 atom stereocenters. The molecule has 0 aliphatic carbocycles. The number of anilines is 1. The molecule has 0 saturated carbocycles. The zero-order chi connectivity index (χ0) is 20.3. The fraction of sp³-hybridized carbons (Fsp3) is 0.0455. The van der Waals surface area contributed by atoms with Crippen LogP contribution in [0.1, 0.15) is 0 Å². The van der Waals surface area contributed by atoms with Gasteiger partial charge in [-0.25, -0.2) is 13.1 Å². The van der Waals surface area contributed by atoms with Gasteiger partial charge >= 0.3 is 0 Å². The highest BCUT2D eigenvalue weighted by Gasteiger charge is 2.25. The number of nitrogens with one attached hydrogen (secondary N) is 1. The van der Waals surface area contributed by atoms with Crippen molar-refractivity contribution in [3.63, 3.8) is 0 Å². The Morgan fingerprint density at radius 1 is 0.862 bits per heavy atom. The number of benzene rings is 3. The Labute approximate surface area is 169 Å². The van der Waals surface area contributed by atoms with E-state index in [1.54, 1.807) is 28.9 Å². The summed E-state index contributed by atoms with van der Waals surface area (Å²) in [5, 5.41) is 4.57. The van der Waals surface area contributed by atoms with E-state index in [0.29, 0.717) is 22.7 Å². The number of rotatable bonds is 6. The van der Waals surface area contributed by atoms with Crippen molar-refractivity contribution in [1.29, 1.82) is 0 Å². The first-order valence-electron chi connectivity index (χ1n) is 8.95. The van der Waals surface area contributed by atoms with E-state index in [2.05, 4.69) is 9.82 Å². The highest BCUT2D eigenvalue weighted by atomic mass is 32.2. The molecule has 1 N–H and O–H groups in total. The number of hydrogen-bond acceptors (Lipinski definition) is 4. The molecule has 4 aromatic rings. The number of hydrogen-bond donors (Lipinski definition) is 1. The van der Waals surface area contributed by atoms with E-state index in [4.69, 9.17) is 4.74 Å². The van der Waals surface area contributed by atoms with Gasteiger partial charge in [-0.05, 0) is 24.3 Å². The van der Waals surface area contributed by atoms with Crippen LogP contribution in [0.2, 0.25) is 0 Å². The Balaban J connectivity index is 1.84. The molecule has 0 fully saturated rings. The average molecular weight is 405 g/mol. The maximum atomic E-state index is 13.3. The van der Waals surface area contributed by atoms with Crippen LogP contribution in [-0.4, -0.2) is 25.3 Å². The molecule has 0 saturated heterocycles.